The second-order valence-electron chi connectivity index (χ2n) is 6.42. The number of allylic oxidation sites excluding steroid dienone is 1. The molecular formula is C21H21N5O3S2. The number of carbonyl (C=O) groups is 1. The van der Waals surface area contributed by atoms with Gasteiger partial charge in [-0.05, 0) is 17.7 Å². The Morgan fingerprint density at radius 1 is 1.13 bits per heavy atom. The van der Waals surface area contributed by atoms with Gasteiger partial charge in [0.25, 0.3) is 5.69 Å². The quantitative estimate of drug-likeness (QED) is 0.196. The van der Waals surface area contributed by atoms with Crippen LogP contribution in [0.2, 0.25) is 0 Å². The minimum Gasteiger partial charge on any atom is -0.325 e. The molecule has 0 radical (unpaired) electrons. The van der Waals surface area contributed by atoms with Gasteiger partial charge in [-0.25, -0.2) is 0 Å². The zero-order valence-corrected chi connectivity index (χ0v) is 18.3. The molecule has 0 spiro atoms. The first kappa shape index (κ1) is 22.6. The molecule has 31 heavy (non-hydrogen) atoms. The smallest absolute Gasteiger partial charge is 0.269 e. The van der Waals surface area contributed by atoms with Gasteiger partial charge in [-0.1, -0.05) is 48.2 Å². The Bertz CT molecular complexity index is 1040. The van der Waals surface area contributed by atoms with Crippen molar-refractivity contribution in [2.45, 2.75) is 23.2 Å². The summed E-state index contributed by atoms with van der Waals surface area (Å²) in [6, 6.07) is 15.9. The molecule has 0 atom stereocenters. The van der Waals surface area contributed by atoms with E-state index in [2.05, 4.69) is 34.2 Å². The highest BCUT2D eigenvalue weighted by Crippen LogP contribution is 2.22. The number of nitro groups is 1. The summed E-state index contributed by atoms with van der Waals surface area (Å²) in [4.78, 5) is 22.5. The summed E-state index contributed by atoms with van der Waals surface area (Å²) >= 11 is 3.03. The summed E-state index contributed by atoms with van der Waals surface area (Å²) in [7, 11) is 0. The van der Waals surface area contributed by atoms with E-state index in [4.69, 9.17) is 0 Å². The molecule has 160 valence electrons. The predicted octanol–water partition coefficient (Wildman–Crippen LogP) is 4.54. The van der Waals surface area contributed by atoms with Gasteiger partial charge in [-0.3, -0.25) is 14.9 Å². The maximum atomic E-state index is 12.3. The van der Waals surface area contributed by atoms with Crippen molar-refractivity contribution in [2.24, 2.45) is 0 Å². The van der Waals surface area contributed by atoms with Gasteiger partial charge in [0.15, 0.2) is 5.16 Å². The number of thioether (sulfide) groups is 2. The fourth-order valence-electron chi connectivity index (χ4n) is 2.67. The zero-order valence-electron chi connectivity index (χ0n) is 16.6. The number of amides is 1. The first-order valence-corrected chi connectivity index (χ1v) is 11.5. The Labute approximate surface area is 188 Å². The van der Waals surface area contributed by atoms with E-state index in [1.807, 2.05) is 22.8 Å². The lowest BCUT2D eigenvalue weighted by atomic mass is 10.2. The highest BCUT2D eigenvalue weighted by molar-refractivity contribution is 7.99. The first-order chi connectivity index (χ1) is 15.1. The summed E-state index contributed by atoms with van der Waals surface area (Å²) in [6.45, 7) is 4.35. The zero-order chi connectivity index (χ0) is 22.1. The molecule has 3 rings (SSSR count). The monoisotopic (exact) mass is 455 g/mol. The van der Waals surface area contributed by atoms with Crippen LogP contribution in [0.25, 0.3) is 0 Å². The third-order valence-corrected chi connectivity index (χ3v) is 6.11. The van der Waals surface area contributed by atoms with Crippen LogP contribution in [0, 0.1) is 10.1 Å². The number of carbonyl (C=O) groups excluding carboxylic acids is 1. The van der Waals surface area contributed by atoms with Gasteiger partial charge in [-0.15, -0.1) is 28.5 Å². The molecule has 2 aromatic carbocycles. The minimum atomic E-state index is -0.483. The topological polar surface area (TPSA) is 103 Å². The molecule has 8 nitrogen and oxygen atoms in total. The van der Waals surface area contributed by atoms with Gasteiger partial charge in [0.2, 0.25) is 5.91 Å². The fraction of sp³-hybridized carbons (Fsp3) is 0.190. The molecule has 1 aromatic heterocycles. The first-order valence-electron chi connectivity index (χ1n) is 9.38. The highest BCUT2D eigenvalue weighted by Gasteiger charge is 2.14. The number of hydrogen-bond acceptors (Lipinski definition) is 7. The Hall–Kier alpha value is -3.11. The summed E-state index contributed by atoms with van der Waals surface area (Å²) in [6.07, 6.45) is 1.77. The van der Waals surface area contributed by atoms with Crippen molar-refractivity contribution >= 4 is 40.8 Å². The number of non-ortho nitro benzene ring substituents is 1. The van der Waals surface area contributed by atoms with Crippen molar-refractivity contribution in [1.29, 1.82) is 0 Å². The second kappa shape index (κ2) is 11.3. The molecule has 0 unspecified atom stereocenters. The van der Waals surface area contributed by atoms with Crippen LogP contribution in [0.5, 0.6) is 0 Å². The van der Waals surface area contributed by atoms with E-state index < -0.39 is 4.92 Å². The largest absolute Gasteiger partial charge is 0.325 e. The molecule has 10 heteroatoms. The van der Waals surface area contributed by atoms with Gasteiger partial charge in [0.05, 0.1) is 16.4 Å². The van der Waals surface area contributed by atoms with Crippen LogP contribution in [0.15, 0.2) is 72.4 Å². The third-order valence-electron chi connectivity index (χ3n) is 4.14. The maximum absolute atomic E-state index is 12.3. The number of anilines is 1. The molecule has 0 bridgehead atoms. The molecule has 0 aliphatic heterocycles. The van der Waals surface area contributed by atoms with Crippen molar-refractivity contribution < 1.29 is 9.72 Å². The fourth-order valence-corrected chi connectivity index (χ4v) is 4.37. The van der Waals surface area contributed by atoms with Crippen LogP contribution < -0.4 is 5.32 Å². The molecule has 0 aliphatic carbocycles. The Morgan fingerprint density at radius 2 is 1.87 bits per heavy atom. The second-order valence-corrected chi connectivity index (χ2v) is 8.35. The number of hydrogen-bond donors (Lipinski definition) is 1. The predicted molar refractivity (Wildman–Crippen MR) is 124 cm³/mol. The van der Waals surface area contributed by atoms with Crippen molar-refractivity contribution in [3.8, 4) is 0 Å². The summed E-state index contributed by atoms with van der Waals surface area (Å²) in [5.74, 6) is 2.32. The highest BCUT2D eigenvalue weighted by atomic mass is 32.2. The number of rotatable bonds is 11. The van der Waals surface area contributed by atoms with Crippen molar-refractivity contribution in [2.75, 3.05) is 11.1 Å². The minimum absolute atomic E-state index is 0.0254. The molecule has 1 N–H and O–H groups in total. The van der Waals surface area contributed by atoms with E-state index in [1.54, 1.807) is 17.8 Å². The average molecular weight is 456 g/mol. The SMILES string of the molecule is C=CCn1c(CSCc2ccccc2)nnc1SCC(=O)Nc1ccc([N+](=O)[O-])cc1. The van der Waals surface area contributed by atoms with Crippen LogP contribution in [0.1, 0.15) is 11.4 Å². The molecule has 1 amide bonds. The lowest BCUT2D eigenvalue weighted by molar-refractivity contribution is -0.384. The lowest BCUT2D eigenvalue weighted by Crippen LogP contribution is -2.14. The van der Waals surface area contributed by atoms with Crippen molar-refractivity contribution in [3.05, 3.63) is 88.8 Å². The van der Waals surface area contributed by atoms with E-state index in [0.717, 1.165) is 11.6 Å². The normalized spacial score (nSPS) is 10.6. The molecule has 0 saturated heterocycles. The van der Waals surface area contributed by atoms with Crippen LogP contribution in [-0.4, -0.2) is 31.3 Å². The average Bonchev–Trinajstić information content (AvgIpc) is 3.15. The maximum Gasteiger partial charge on any atom is 0.269 e. The van der Waals surface area contributed by atoms with Gasteiger partial charge < -0.3 is 9.88 Å². The molecule has 0 fully saturated rings. The number of aromatic nitrogens is 3. The lowest BCUT2D eigenvalue weighted by Gasteiger charge is -2.08. The number of nitro benzene ring substituents is 1. The van der Waals surface area contributed by atoms with Crippen molar-refractivity contribution in [3.63, 3.8) is 0 Å². The van der Waals surface area contributed by atoms with E-state index >= 15 is 0 Å². The van der Waals surface area contributed by atoms with E-state index in [1.165, 1.54) is 41.6 Å². The van der Waals surface area contributed by atoms with Gasteiger partial charge >= 0.3 is 0 Å². The van der Waals surface area contributed by atoms with Crippen LogP contribution >= 0.6 is 23.5 Å². The van der Waals surface area contributed by atoms with Gasteiger partial charge in [-0.2, -0.15) is 0 Å². The summed E-state index contributed by atoms with van der Waals surface area (Å²) in [5.41, 5.74) is 1.73. The van der Waals surface area contributed by atoms with Crippen LogP contribution in [-0.2, 0) is 22.8 Å². The Balaban J connectivity index is 1.54. The van der Waals surface area contributed by atoms with Crippen molar-refractivity contribution in [1.82, 2.24) is 14.8 Å². The third kappa shape index (κ3) is 6.69. The molecule has 0 aliphatic rings. The van der Waals surface area contributed by atoms with E-state index in [-0.39, 0.29) is 17.3 Å². The molecule has 0 saturated carbocycles. The van der Waals surface area contributed by atoms with Gasteiger partial charge in [0.1, 0.15) is 5.82 Å². The Morgan fingerprint density at radius 3 is 2.55 bits per heavy atom. The van der Waals surface area contributed by atoms with E-state index in [9.17, 15) is 14.9 Å². The molecule has 3 aromatic rings. The van der Waals surface area contributed by atoms with Crippen LogP contribution in [0.4, 0.5) is 11.4 Å². The molecular weight excluding hydrogens is 434 g/mol. The van der Waals surface area contributed by atoms with E-state index in [0.29, 0.717) is 23.1 Å². The Kier molecular flexibility index (Phi) is 8.25. The number of nitrogens with one attached hydrogen (secondary N) is 1. The molecule has 1 heterocycles. The summed E-state index contributed by atoms with van der Waals surface area (Å²) in [5, 5.41) is 22.6. The number of nitrogens with zero attached hydrogens (tertiary/aromatic N) is 4. The standard InChI is InChI=1S/C21H21N5O3S2/c1-2-12-25-19(14-30-13-16-6-4-3-5-7-16)23-24-21(25)31-15-20(27)22-17-8-10-18(11-9-17)26(28)29/h2-11H,1,12-15H2,(H,22,27). The van der Waals surface area contributed by atoms with Gasteiger partial charge in [0, 0.05) is 30.1 Å². The summed E-state index contributed by atoms with van der Waals surface area (Å²) < 4.78 is 1.95. The number of benzene rings is 2. The van der Waals surface area contributed by atoms with Crippen LogP contribution in [0.3, 0.4) is 0 Å².